The maximum Gasteiger partial charge on any atom is 0.271 e. The normalized spacial score (nSPS) is 19.1. The third-order valence-corrected chi connectivity index (χ3v) is 5.31. The van der Waals surface area contributed by atoms with E-state index >= 15 is 0 Å². The SMILES string of the molecule is Cc1cc(C)c(C2C(=O)CC(CCNC(=O)c3cnc(Cl)cn3)C2=O)c(C)c1. The molecular formula is C21H22ClN3O3. The summed E-state index contributed by atoms with van der Waals surface area (Å²) in [4.78, 5) is 45.3. The highest BCUT2D eigenvalue weighted by molar-refractivity contribution is 6.29. The van der Waals surface area contributed by atoms with Crippen molar-refractivity contribution < 1.29 is 14.4 Å². The zero-order chi connectivity index (χ0) is 20.4. The Labute approximate surface area is 168 Å². The monoisotopic (exact) mass is 399 g/mol. The highest BCUT2D eigenvalue weighted by Gasteiger charge is 2.42. The molecule has 1 aliphatic carbocycles. The molecule has 1 fully saturated rings. The molecule has 1 aliphatic rings. The number of aromatic nitrogens is 2. The Hall–Kier alpha value is -2.60. The summed E-state index contributed by atoms with van der Waals surface area (Å²) in [5.74, 6) is -1.55. The molecule has 0 bridgehead atoms. The molecule has 1 aromatic heterocycles. The van der Waals surface area contributed by atoms with Crippen LogP contribution < -0.4 is 5.32 Å². The van der Waals surface area contributed by atoms with E-state index in [0.29, 0.717) is 6.42 Å². The Bertz CT molecular complexity index is 917. The van der Waals surface area contributed by atoms with Crippen LogP contribution in [0.2, 0.25) is 5.15 Å². The van der Waals surface area contributed by atoms with E-state index in [-0.39, 0.29) is 47.2 Å². The Kier molecular flexibility index (Phi) is 5.89. The fourth-order valence-electron chi connectivity index (χ4n) is 3.93. The molecule has 28 heavy (non-hydrogen) atoms. The van der Waals surface area contributed by atoms with Gasteiger partial charge in [0.05, 0.1) is 12.4 Å². The van der Waals surface area contributed by atoms with Crippen LogP contribution >= 0.6 is 11.6 Å². The number of aryl methyl sites for hydroxylation is 3. The average Bonchev–Trinajstić information content (AvgIpc) is 2.89. The molecule has 2 unspecified atom stereocenters. The Morgan fingerprint density at radius 2 is 1.82 bits per heavy atom. The molecule has 0 aliphatic heterocycles. The van der Waals surface area contributed by atoms with E-state index in [1.165, 1.54) is 12.4 Å². The first kappa shape index (κ1) is 20.1. The number of amides is 1. The van der Waals surface area contributed by atoms with Crippen LogP contribution in [0.15, 0.2) is 24.5 Å². The molecule has 0 saturated heterocycles. The number of Topliss-reactive ketones (excluding diaryl/α,β-unsaturated/α-hetero) is 2. The largest absolute Gasteiger partial charge is 0.351 e. The minimum atomic E-state index is -0.691. The first-order valence-electron chi connectivity index (χ1n) is 9.18. The van der Waals surface area contributed by atoms with E-state index in [0.717, 1.165) is 22.3 Å². The van der Waals surface area contributed by atoms with E-state index in [1.54, 1.807) is 0 Å². The van der Waals surface area contributed by atoms with Crippen LogP contribution in [0.25, 0.3) is 0 Å². The smallest absolute Gasteiger partial charge is 0.271 e. The molecule has 6 nitrogen and oxygen atoms in total. The Morgan fingerprint density at radius 1 is 1.14 bits per heavy atom. The standard InChI is InChI=1S/C21H22ClN3O3/c1-11-6-12(2)18(13(3)7-11)19-16(26)8-14(20(19)27)4-5-23-21(28)15-9-25-17(22)10-24-15/h6-7,9-10,14,19H,4-5,8H2,1-3H3,(H,23,28). The van der Waals surface area contributed by atoms with Gasteiger partial charge in [0.15, 0.2) is 5.78 Å². The van der Waals surface area contributed by atoms with E-state index in [9.17, 15) is 14.4 Å². The summed E-state index contributed by atoms with van der Waals surface area (Å²) in [5.41, 5.74) is 4.05. The summed E-state index contributed by atoms with van der Waals surface area (Å²) in [6.45, 7) is 6.16. The fraction of sp³-hybridized carbons (Fsp3) is 0.381. The van der Waals surface area contributed by atoms with Gasteiger partial charge in [-0.05, 0) is 43.9 Å². The molecule has 146 valence electrons. The number of hydrogen-bond acceptors (Lipinski definition) is 5. The predicted molar refractivity (Wildman–Crippen MR) is 106 cm³/mol. The van der Waals surface area contributed by atoms with Crippen LogP contribution in [0.5, 0.6) is 0 Å². The lowest BCUT2D eigenvalue weighted by Gasteiger charge is -2.16. The first-order chi connectivity index (χ1) is 13.3. The summed E-state index contributed by atoms with van der Waals surface area (Å²) in [6, 6.07) is 4.01. The molecule has 7 heteroatoms. The molecule has 1 aromatic carbocycles. The summed E-state index contributed by atoms with van der Waals surface area (Å²) in [7, 11) is 0. The molecule has 1 N–H and O–H groups in total. The van der Waals surface area contributed by atoms with Gasteiger partial charge in [-0.15, -0.1) is 0 Å². The van der Waals surface area contributed by atoms with E-state index in [4.69, 9.17) is 11.6 Å². The van der Waals surface area contributed by atoms with Gasteiger partial charge in [0.1, 0.15) is 22.5 Å². The van der Waals surface area contributed by atoms with Crippen molar-refractivity contribution in [2.75, 3.05) is 6.54 Å². The van der Waals surface area contributed by atoms with Gasteiger partial charge in [-0.25, -0.2) is 9.97 Å². The van der Waals surface area contributed by atoms with Gasteiger partial charge in [0, 0.05) is 18.9 Å². The average molecular weight is 400 g/mol. The van der Waals surface area contributed by atoms with Gasteiger partial charge in [0.2, 0.25) is 0 Å². The van der Waals surface area contributed by atoms with Crippen LogP contribution in [-0.2, 0) is 9.59 Å². The van der Waals surface area contributed by atoms with E-state index in [1.807, 2.05) is 32.9 Å². The molecule has 3 rings (SSSR count). The lowest BCUT2D eigenvalue weighted by molar-refractivity contribution is -0.124. The van der Waals surface area contributed by atoms with Crippen molar-refractivity contribution >= 4 is 29.1 Å². The number of ketones is 2. The zero-order valence-corrected chi connectivity index (χ0v) is 16.8. The minimum Gasteiger partial charge on any atom is -0.351 e. The van der Waals surface area contributed by atoms with Crippen LogP contribution in [0.4, 0.5) is 0 Å². The molecular weight excluding hydrogens is 378 g/mol. The second kappa shape index (κ2) is 8.19. The van der Waals surface area contributed by atoms with Gasteiger partial charge < -0.3 is 5.32 Å². The van der Waals surface area contributed by atoms with Crippen molar-refractivity contribution in [1.82, 2.24) is 15.3 Å². The highest BCUT2D eigenvalue weighted by atomic mass is 35.5. The summed E-state index contributed by atoms with van der Waals surface area (Å²) >= 11 is 5.66. The molecule has 2 aromatic rings. The maximum atomic E-state index is 12.9. The number of halogens is 1. The number of rotatable bonds is 5. The topological polar surface area (TPSA) is 89.0 Å². The first-order valence-corrected chi connectivity index (χ1v) is 9.55. The van der Waals surface area contributed by atoms with Crippen LogP contribution in [-0.4, -0.2) is 34.0 Å². The summed E-state index contributed by atoms with van der Waals surface area (Å²) in [5, 5.41) is 2.93. The van der Waals surface area contributed by atoms with Gasteiger partial charge in [0.25, 0.3) is 5.91 Å². The number of nitrogens with one attached hydrogen (secondary N) is 1. The van der Waals surface area contributed by atoms with Crippen LogP contribution in [0.3, 0.4) is 0 Å². The number of carbonyl (C=O) groups is 3. The lowest BCUT2D eigenvalue weighted by atomic mass is 9.86. The molecule has 0 spiro atoms. The third kappa shape index (κ3) is 4.12. The van der Waals surface area contributed by atoms with Crippen molar-refractivity contribution in [3.05, 3.63) is 57.6 Å². The lowest BCUT2D eigenvalue weighted by Crippen LogP contribution is -2.28. The van der Waals surface area contributed by atoms with Crippen LogP contribution in [0.1, 0.15) is 51.5 Å². The van der Waals surface area contributed by atoms with Gasteiger partial charge in [-0.1, -0.05) is 29.3 Å². The van der Waals surface area contributed by atoms with Gasteiger partial charge >= 0.3 is 0 Å². The second-order valence-electron chi connectivity index (χ2n) is 7.28. The number of carbonyl (C=O) groups excluding carboxylic acids is 3. The zero-order valence-electron chi connectivity index (χ0n) is 16.1. The Balaban J connectivity index is 1.64. The van der Waals surface area contributed by atoms with Crippen molar-refractivity contribution in [2.45, 2.75) is 39.5 Å². The molecule has 2 atom stereocenters. The fourth-order valence-corrected chi connectivity index (χ4v) is 4.03. The Morgan fingerprint density at radius 3 is 2.43 bits per heavy atom. The minimum absolute atomic E-state index is 0.0417. The maximum absolute atomic E-state index is 12.9. The van der Waals surface area contributed by atoms with E-state index < -0.39 is 5.92 Å². The quantitative estimate of drug-likeness (QED) is 0.780. The van der Waals surface area contributed by atoms with E-state index in [2.05, 4.69) is 15.3 Å². The molecule has 1 amide bonds. The third-order valence-electron chi connectivity index (χ3n) is 5.11. The van der Waals surface area contributed by atoms with Gasteiger partial charge in [-0.3, -0.25) is 14.4 Å². The summed E-state index contributed by atoms with van der Waals surface area (Å²) < 4.78 is 0. The number of nitrogens with zero attached hydrogens (tertiary/aromatic N) is 2. The van der Waals surface area contributed by atoms with Crippen molar-refractivity contribution in [2.24, 2.45) is 5.92 Å². The molecule has 0 radical (unpaired) electrons. The molecule has 1 heterocycles. The van der Waals surface area contributed by atoms with Crippen LogP contribution in [0, 0.1) is 26.7 Å². The summed E-state index contributed by atoms with van der Waals surface area (Å²) in [6.07, 6.45) is 3.22. The van der Waals surface area contributed by atoms with Crippen molar-refractivity contribution in [3.8, 4) is 0 Å². The number of benzene rings is 1. The van der Waals surface area contributed by atoms with Crippen molar-refractivity contribution in [1.29, 1.82) is 0 Å². The second-order valence-corrected chi connectivity index (χ2v) is 7.67. The van der Waals surface area contributed by atoms with Crippen molar-refractivity contribution in [3.63, 3.8) is 0 Å². The highest BCUT2D eigenvalue weighted by Crippen LogP contribution is 2.37. The predicted octanol–water partition coefficient (Wildman–Crippen LogP) is 3.12. The van der Waals surface area contributed by atoms with Gasteiger partial charge in [-0.2, -0.15) is 0 Å². The molecule has 1 saturated carbocycles. The number of hydrogen-bond donors (Lipinski definition) is 1.